The van der Waals surface area contributed by atoms with Crippen LogP contribution in [0.2, 0.25) is 19.6 Å². The Labute approximate surface area is 106 Å². The molecule has 0 fully saturated rings. The number of aromatic nitrogens is 2. The van der Waals surface area contributed by atoms with Crippen molar-refractivity contribution in [2.24, 2.45) is 0 Å². The molecule has 0 aliphatic heterocycles. The van der Waals surface area contributed by atoms with Crippen LogP contribution < -0.4 is 4.43 Å². The van der Waals surface area contributed by atoms with Crippen LogP contribution in [-0.4, -0.2) is 18.3 Å². The number of hydrogen-bond acceptors (Lipinski definition) is 3. The highest BCUT2D eigenvalue weighted by molar-refractivity contribution is 6.70. The molecule has 0 unspecified atom stereocenters. The van der Waals surface area contributed by atoms with Gasteiger partial charge in [0.05, 0.1) is 0 Å². The van der Waals surface area contributed by atoms with Crippen LogP contribution in [0.5, 0.6) is 6.01 Å². The Morgan fingerprint density at radius 3 is 2.17 bits per heavy atom. The standard InChI is InChI=1S/C11H17F3N2OSi/c1-7(2)8-6-15-10(17-18(3,4)5)16-9(8)11(12,13)14/h6-7H,1-5H3. The molecule has 0 saturated carbocycles. The van der Waals surface area contributed by atoms with Crippen molar-refractivity contribution in [2.75, 3.05) is 0 Å². The average Bonchev–Trinajstić information content (AvgIpc) is 2.13. The molecule has 0 spiro atoms. The first-order valence-corrected chi connectivity index (χ1v) is 9.04. The number of hydrogen-bond donors (Lipinski definition) is 0. The summed E-state index contributed by atoms with van der Waals surface area (Å²) in [6, 6.07) is -0.189. The number of halogens is 3. The highest BCUT2D eigenvalue weighted by Gasteiger charge is 2.37. The molecule has 0 radical (unpaired) electrons. The van der Waals surface area contributed by atoms with Crippen LogP contribution >= 0.6 is 0 Å². The Kier molecular flexibility index (Phi) is 4.04. The van der Waals surface area contributed by atoms with Crippen LogP contribution in [0.15, 0.2) is 6.20 Å². The van der Waals surface area contributed by atoms with Gasteiger partial charge in [-0.2, -0.15) is 18.2 Å². The Bertz CT molecular complexity index is 427. The molecule has 0 amide bonds. The van der Waals surface area contributed by atoms with Gasteiger partial charge in [0.25, 0.3) is 0 Å². The van der Waals surface area contributed by atoms with E-state index in [0.717, 1.165) is 0 Å². The van der Waals surface area contributed by atoms with Gasteiger partial charge in [0.2, 0.25) is 8.32 Å². The normalized spacial score (nSPS) is 12.9. The predicted molar refractivity (Wildman–Crippen MR) is 65.1 cm³/mol. The van der Waals surface area contributed by atoms with E-state index in [1.165, 1.54) is 6.20 Å². The van der Waals surface area contributed by atoms with Gasteiger partial charge >= 0.3 is 12.2 Å². The van der Waals surface area contributed by atoms with Crippen molar-refractivity contribution in [3.8, 4) is 6.01 Å². The minimum atomic E-state index is -4.49. The van der Waals surface area contributed by atoms with Gasteiger partial charge in [0, 0.05) is 11.8 Å². The van der Waals surface area contributed by atoms with Crippen LogP contribution in [0, 0.1) is 0 Å². The second-order valence-corrected chi connectivity index (χ2v) is 9.75. The van der Waals surface area contributed by atoms with Crippen molar-refractivity contribution in [3.05, 3.63) is 17.5 Å². The van der Waals surface area contributed by atoms with E-state index < -0.39 is 20.2 Å². The first-order chi connectivity index (χ1) is 8.00. The molecule has 3 nitrogen and oxygen atoms in total. The molecule has 0 saturated heterocycles. The lowest BCUT2D eigenvalue weighted by Gasteiger charge is -2.20. The largest absolute Gasteiger partial charge is 0.518 e. The average molecular weight is 278 g/mol. The Morgan fingerprint density at radius 1 is 1.22 bits per heavy atom. The van der Waals surface area contributed by atoms with Crippen molar-refractivity contribution >= 4 is 8.32 Å². The van der Waals surface area contributed by atoms with E-state index in [0.29, 0.717) is 0 Å². The van der Waals surface area contributed by atoms with Crippen LogP contribution in [-0.2, 0) is 6.18 Å². The van der Waals surface area contributed by atoms with Gasteiger partial charge in [0.15, 0.2) is 5.69 Å². The zero-order chi connectivity index (χ0) is 14.1. The van der Waals surface area contributed by atoms with Gasteiger partial charge in [-0.3, -0.25) is 0 Å². The molecule has 0 atom stereocenters. The van der Waals surface area contributed by atoms with E-state index in [9.17, 15) is 13.2 Å². The van der Waals surface area contributed by atoms with E-state index in [4.69, 9.17) is 4.43 Å². The number of nitrogens with zero attached hydrogens (tertiary/aromatic N) is 2. The lowest BCUT2D eigenvalue weighted by atomic mass is 10.0. The summed E-state index contributed by atoms with van der Waals surface area (Å²) in [5, 5.41) is 0. The van der Waals surface area contributed by atoms with Gasteiger partial charge in [-0.15, -0.1) is 0 Å². The summed E-state index contributed by atoms with van der Waals surface area (Å²) in [5.41, 5.74) is -0.814. The van der Waals surface area contributed by atoms with Crippen LogP contribution in [0.3, 0.4) is 0 Å². The molecule has 7 heteroatoms. The van der Waals surface area contributed by atoms with E-state index in [2.05, 4.69) is 9.97 Å². The lowest BCUT2D eigenvalue weighted by Crippen LogP contribution is -2.30. The van der Waals surface area contributed by atoms with Crippen molar-refractivity contribution in [3.63, 3.8) is 0 Å². The smallest absolute Gasteiger partial charge is 0.433 e. The molecule has 18 heavy (non-hydrogen) atoms. The summed E-state index contributed by atoms with van der Waals surface area (Å²) in [5.74, 6) is -0.289. The molecule has 1 aromatic heterocycles. The molecule has 102 valence electrons. The number of rotatable bonds is 3. The summed E-state index contributed by atoms with van der Waals surface area (Å²) in [4.78, 5) is 7.39. The molecule has 0 aliphatic carbocycles. The molecular weight excluding hydrogens is 261 g/mol. The predicted octanol–water partition coefficient (Wildman–Crippen LogP) is 3.83. The van der Waals surface area contributed by atoms with E-state index in [1.807, 2.05) is 19.6 Å². The third-order valence-electron chi connectivity index (χ3n) is 2.08. The second-order valence-electron chi connectivity index (χ2n) is 5.32. The van der Waals surface area contributed by atoms with Crippen molar-refractivity contribution in [2.45, 2.75) is 45.6 Å². The summed E-state index contributed by atoms with van der Waals surface area (Å²) in [7, 11) is -2.02. The third-order valence-corrected chi connectivity index (χ3v) is 2.88. The zero-order valence-electron chi connectivity index (χ0n) is 11.1. The van der Waals surface area contributed by atoms with E-state index in [-0.39, 0.29) is 17.5 Å². The highest BCUT2D eigenvalue weighted by Crippen LogP contribution is 2.34. The highest BCUT2D eigenvalue weighted by atomic mass is 28.4. The van der Waals surface area contributed by atoms with E-state index in [1.54, 1.807) is 13.8 Å². The Balaban J connectivity index is 3.22. The van der Waals surface area contributed by atoms with Crippen molar-refractivity contribution in [1.29, 1.82) is 0 Å². The Morgan fingerprint density at radius 2 is 1.78 bits per heavy atom. The topological polar surface area (TPSA) is 35.0 Å². The summed E-state index contributed by atoms with van der Waals surface area (Å²) in [6.07, 6.45) is -3.28. The quantitative estimate of drug-likeness (QED) is 0.788. The molecule has 1 heterocycles. The van der Waals surface area contributed by atoms with Crippen LogP contribution in [0.1, 0.15) is 31.0 Å². The van der Waals surface area contributed by atoms with Crippen molar-refractivity contribution in [1.82, 2.24) is 9.97 Å². The third kappa shape index (κ3) is 3.97. The van der Waals surface area contributed by atoms with Gasteiger partial charge < -0.3 is 4.43 Å². The maximum Gasteiger partial charge on any atom is 0.433 e. The monoisotopic (exact) mass is 278 g/mol. The zero-order valence-corrected chi connectivity index (χ0v) is 12.1. The molecule has 1 rings (SSSR count). The lowest BCUT2D eigenvalue weighted by molar-refractivity contribution is -0.142. The van der Waals surface area contributed by atoms with Gasteiger partial charge in [-0.25, -0.2) is 4.98 Å². The fraction of sp³-hybridized carbons (Fsp3) is 0.636. The molecule has 0 N–H and O–H groups in total. The van der Waals surface area contributed by atoms with Crippen LogP contribution in [0.25, 0.3) is 0 Å². The van der Waals surface area contributed by atoms with Crippen LogP contribution in [0.4, 0.5) is 13.2 Å². The fourth-order valence-corrected chi connectivity index (χ4v) is 1.99. The molecule has 0 aliphatic rings. The summed E-state index contributed by atoms with van der Waals surface area (Å²) >= 11 is 0. The maximum absolute atomic E-state index is 12.9. The molecule has 0 aromatic carbocycles. The van der Waals surface area contributed by atoms with Crippen molar-refractivity contribution < 1.29 is 17.6 Å². The maximum atomic E-state index is 12.9. The molecule has 0 bridgehead atoms. The van der Waals surface area contributed by atoms with Gasteiger partial charge in [-0.1, -0.05) is 13.8 Å². The van der Waals surface area contributed by atoms with Gasteiger partial charge in [0.1, 0.15) is 0 Å². The van der Waals surface area contributed by atoms with E-state index >= 15 is 0 Å². The summed E-state index contributed by atoms with van der Waals surface area (Å²) in [6.45, 7) is 8.93. The fourth-order valence-electron chi connectivity index (χ4n) is 1.35. The minimum absolute atomic E-state index is 0.0884. The molecule has 1 aromatic rings. The number of alkyl halides is 3. The minimum Gasteiger partial charge on any atom is -0.518 e. The second kappa shape index (κ2) is 4.87. The molecular formula is C11H17F3N2OSi. The SMILES string of the molecule is CC(C)c1cnc(O[Si](C)(C)C)nc1C(F)(F)F. The Hall–Kier alpha value is -1.11. The summed E-state index contributed by atoms with van der Waals surface area (Å²) < 4.78 is 44.1. The first-order valence-electron chi connectivity index (χ1n) is 5.64. The van der Waals surface area contributed by atoms with Gasteiger partial charge in [-0.05, 0) is 25.6 Å². The first kappa shape index (κ1) is 14.9.